The van der Waals surface area contributed by atoms with Crippen LogP contribution in [0.15, 0.2) is 86.6 Å². The Labute approximate surface area is 201 Å². The van der Waals surface area contributed by atoms with Crippen LogP contribution >= 0.6 is 35.3 Å². The van der Waals surface area contributed by atoms with Gasteiger partial charge in [-0.1, -0.05) is 72.4 Å². The van der Waals surface area contributed by atoms with Crippen molar-refractivity contribution < 1.29 is 4.79 Å². The van der Waals surface area contributed by atoms with Crippen LogP contribution in [0.2, 0.25) is 0 Å². The van der Waals surface area contributed by atoms with Gasteiger partial charge in [0.05, 0.1) is 10.9 Å². The molecule has 162 valence electrons. The summed E-state index contributed by atoms with van der Waals surface area (Å²) in [7, 11) is 0. The van der Waals surface area contributed by atoms with Gasteiger partial charge in [0.1, 0.15) is 0 Å². The van der Waals surface area contributed by atoms with Crippen molar-refractivity contribution in [3.05, 3.63) is 97.8 Å². The lowest BCUT2D eigenvalue weighted by Crippen LogP contribution is -2.49. The van der Waals surface area contributed by atoms with Crippen LogP contribution in [0.5, 0.6) is 0 Å². The number of rotatable bonds is 2. The summed E-state index contributed by atoms with van der Waals surface area (Å²) in [5.41, 5.74) is 6.37. The van der Waals surface area contributed by atoms with Crippen LogP contribution in [0.25, 0.3) is 6.08 Å². The predicted molar refractivity (Wildman–Crippen MR) is 138 cm³/mol. The van der Waals surface area contributed by atoms with E-state index in [9.17, 15) is 4.79 Å². The minimum absolute atomic E-state index is 0.00794. The Morgan fingerprint density at radius 1 is 0.938 bits per heavy atom. The average Bonchev–Trinajstić information content (AvgIpc) is 3.47. The van der Waals surface area contributed by atoms with Crippen LogP contribution in [0.3, 0.4) is 0 Å². The monoisotopic (exact) mass is 476 g/mol. The van der Waals surface area contributed by atoms with Crippen molar-refractivity contribution in [1.82, 2.24) is 10.2 Å². The molecule has 2 saturated heterocycles. The molecule has 0 aromatic heterocycles. The Hall–Kier alpha value is -2.02. The van der Waals surface area contributed by atoms with Gasteiger partial charge in [0, 0.05) is 21.4 Å². The largest absolute Gasteiger partial charge is 0.356 e. The molecule has 0 unspecified atom stereocenters. The lowest BCUT2D eigenvalue weighted by molar-refractivity contribution is -0.128. The van der Waals surface area contributed by atoms with E-state index < -0.39 is 0 Å². The van der Waals surface area contributed by atoms with Gasteiger partial charge in [-0.15, -0.1) is 23.5 Å². The number of benzene rings is 2. The molecule has 2 atom stereocenters. The lowest BCUT2D eigenvalue weighted by atomic mass is 9.83. The van der Waals surface area contributed by atoms with Crippen LogP contribution in [0, 0.1) is 0 Å². The Balaban J connectivity index is 1.46. The number of hydrogen-bond acceptors (Lipinski definition) is 5. The third-order valence-electron chi connectivity index (χ3n) is 6.32. The third-order valence-corrected chi connectivity index (χ3v) is 10.2. The number of amides is 1. The molecule has 2 aromatic carbocycles. The van der Waals surface area contributed by atoms with Crippen LogP contribution in [0.4, 0.5) is 0 Å². The molecule has 0 saturated carbocycles. The minimum atomic E-state index is -0.0773. The van der Waals surface area contributed by atoms with E-state index in [1.54, 1.807) is 11.8 Å². The number of hydrogen-bond donors (Lipinski definition) is 1. The van der Waals surface area contributed by atoms with Gasteiger partial charge in [-0.3, -0.25) is 9.69 Å². The SMILES string of the molecule is O=C1/C(=C/c2ccccc2)S[C@@H]2NC3=C(CCCC3=C3SCCS3)[C@H](c3ccccc3)N12. The molecule has 2 aromatic rings. The Morgan fingerprint density at radius 2 is 1.66 bits per heavy atom. The molecular weight excluding hydrogens is 453 g/mol. The Kier molecular flexibility index (Phi) is 5.61. The second kappa shape index (κ2) is 8.73. The van der Waals surface area contributed by atoms with Gasteiger partial charge in [0.25, 0.3) is 5.91 Å². The highest BCUT2D eigenvalue weighted by molar-refractivity contribution is 8.25. The van der Waals surface area contributed by atoms with Crippen molar-refractivity contribution in [3.8, 4) is 0 Å². The van der Waals surface area contributed by atoms with E-state index in [-0.39, 0.29) is 17.4 Å². The molecule has 0 spiro atoms. The summed E-state index contributed by atoms with van der Waals surface area (Å²) in [5, 5.41) is 3.81. The maximum atomic E-state index is 13.7. The molecule has 3 aliphatic heterocycles. The van der Waals surface area contributed by atoms with Crippen molar-refractivity contribution in [1.29, 1.82) is 0 Å². The van der Waals surface area contributed by atoms with E-state index in [1.807, 2.05) is 47.8 Å². The van der Waals surface area contributed by atoms with Crippen LogP contribution in [-0.2, 0) is 4.79 Å². The zero-order valence-electron chi connectivity index (χ0n) is 17.6. The van der Waals surface area contributed by atoms with Gasteiger partial charge in [-0.05, 0) is 47.6 Å². The summed E-state index contributed by atoms with van der Waals surface area (Å²) in [5.74, 6) is 2.52. The molecule has 0 radical (unpaired) electrons. The van der Waals surface area contributed by atoms with Gasteiger partial charge in [0.2, 0.25) is 0 Å². The molecule has 1 N–H and O–H groups in total. The maximum Gasteiger partial charge on any atom is 0.263 e. The van der Waals surface area contributed by atoms with Crippen LogP contribution < -0.4 is 5.32 Å². The Bertz CT molecular complexity index is 1130. The number of fused-ring (bicyclic) bond motifs is 1. The van der Waals surface area contributed by atoms with Gasteiger partial charge in [-0.25, -0.2) is 0 Å². The van der Waals surface area contributed by atoms with Gasteiger partial charge in [0.15, 0.2) is 5.50 Å². The number of carbonyl (C=O) groups excluding carboxylic acids is 1. The smallest absolute Gasteiger partial charge is 0.263 e. The summed E-state index contributed by atoms with van der Waals surface area (Å²) >= 11 is 5.65. The van der Waals surface area contributed by atoms with Gasteiger partial charge < -0.3 is 5.32 Å². The van der Waals surface area contributed by atoms with Crippen molar-refractivity contribution in [3.63, 3.8) is 0 Å². The summed E-state index contributed by atoms with van der Waals surface area (Å²) in [6.07, 6.45) is 5.35. The van der Waals surface area contributed by atoms with E-state index in [4.69, 9.17) is 0 Å². The number of allylic oxidation sites excluding steroid dienone is 1. The first kappa shape index (κ1) is 20.6. The van der Waals surface area contributed by atoms with Crippen molar-refractivity contribution >= 4 is 47.3 Å². The first-order chi connectivity index (χ1) is 15.8. The van der Waals surface area contributed by atoms with E-state index in [0.717, 1.165) is 29.7 Å². The zero-order chi connectivity index (χ0) is 21.5. The standard InChI is InChI=1S/C26H24N2OS3/c29-24-21(16-17-8-3-1-4-9-17)32-26-27-22-19(12-7-13-20(22)25-30-14-15-31-25)23(28(24)26)18-10-5-2-6-11-18/h1-6,8-11,16,23,26-27H,7,12-15H2/b21-16-/t23-,26+/m0/s1. The van der Waals surface area contributed by atoms with Gasteiger partial charge >= 0.3 is 0 Å². The second-order valence-electron chi connectivity index (χ2n) is 8.28. The van der Waals surface area contributed by atoms with Crippen LogP contribution in [0.1, 0.15) is 36.4 Å². The topological polar surface area (TPSA) is 32.3 Å². The predicted octanol–water partition coefficient (Wildman–Crippen LogP) is 6.36. The summed E-state index contributed by atoms with van der Waals surface area (Å²) in [6.45, 7) is 0. The molecule has 6 heteroatoms. The fraction of sp³-hybridized carbons (Fsp3) is 0.269. The number of nitrogens with zero attached hydrogens (tertiary/aromatic N) is 1. The van der Waals surface area contributed by atoms with E-state index >= 15 is 0 Å². The fourth-order valence-corrected chi connectivity index (χ4v) is 8.73. The van der Waals surface area contributed by atoms with Crippen molar-refractivity contribution in [2.24, 2.45) is 0 Å². The van der Waals surface area contributed by atoms with Crippen molar-refractivity contribution in [2.75, 3.05) is 11.5 Å². The molecule has 3 nitrogen and oxygen atoms in total. The quantitative estimate of drug-likeness (QED) is 0.510. The summed E-state index contributed by atoms with van der Waals surface area (Å²) < 4.78 is 1.49. The Morgan fingerprint density at radius 3 is 2.41 bits per heavy atom. The van der Waals surface area contributed by atoms with Gasteiger partial charge in [-0.2, -0.15) is 0 Å². The molecule has 3 heterocycles. The third kappa shape index (κ3) is 3.62. The minimum Gasteiger partial charge on any atom is -0.356 e. The highest BCUT2D eigenvalue weighted by Gasteiger charge is 2.47. The normalized spacial score (nSPS) is 26.4. The molecule has 0 bridgehead atoms. The fourth-order valence-electron chi connectivity index (χ4n) is 4.94. The number of carbonyl (C=O) groups is 1. The highest BCUT2D eigenvalue weighted by atomic mass is 32.2. The van der Waals surface area contributed by atoms with E-state index in [0.29, 0.717) is 0 Å². The maximum absolute atomic E-state index is 13.7. The number of nitrogens with one attached hydrogen (secondary N) is 1. The zero-order valence-corrected chi connectivity index (χ0v) is 20.1. The molecule has 1 aliphatic carbocycles. The highest BCUT2D eigenvalue weighted by Crippen LogP contribution is 2.52. The van der Waals surface area contributed by atoms with E-state index in [2.05, 4.69) is 52.7 Å². The first-order valence-electron chi connectivity index (χ1n) is 11.1. The van der Waals surface area contributed by atoms with Crippen molar-refractivity contribution in [2.45, 2.75) is 30.8 Å². The molecular formula is C26H24N2OS3. The first-order valence-corrected chi connectivity index (χ1v) is 13.9. The second-order valence-corrected chi connectivity index (χ2v) is 11.9. The molecule has 6 rings (SSSR count). The van der Waals surface area contributed by atoms with Crippen LogP contribution in [-0.4, -0.2) is 27.8 Å². The lowest BCUT2D eigenvalue weighted by Gasteiger charge is -2.43. The summed E-state index contributed by atoms with van der Waals surface area (Å²) in [6, 6.07) is 20.7. The molecule has 32 heavy (non-hydrogen) atoms. The molecule has 4 aliphatic rings. The van der Waals surface area contributed by atoms with E-state index in [1.165, 1.54) is 38.1 Å². The molecule has 1 amide bonds. The number of thioether (sulfide) groups is 3. The average molecular weight is 477 g/mol. The molecule has 2 fully saturated rings. The summed E-state index contributed by atoms with van der Waals surface area (Å²) in [4.78, 5) is 16.6.